The van der Waals surface area contributed by atoms with Crippen LogP contribution >= 0.6 is 0 Å². The number of carbonyl (C=O) groups excluding carboxylic acids is 1. The zero-order valence-electron chi connectivity index (χ0n) is 22.4. The van der Waals surface area contributed by atoms with E-state index in [4.69, 9.17) is 4.74 Å². The highest BCUT2D eigenvalue weighted by atomic mass is 19.1. The van der Waals surface area contributed by atoms with E-state index in [-0.39, 0.29) is 18.2 Å². The Morgan fingerprint density at radius 2 is 2.05 bits per heavy atom. The molecule has 2 aromatic carbocycles. The molecule has 7 nitrogen and oxygen atoms in total. The Morgan fingerprint density at radius 1 is 1.21 bits per heavy atom. The van der Waals surface area contributed by atoms with Crippen LogP contribution in [0.15, 0.2) is 48.7 Å². The SMILES string of the molecule is COc1ccc2nccc(CCC[C@@H]3CCN(CC#Cc4cc(F)ccc4NC(C)=O)C[C@@H]3CC(=O)O)c2c1. The molecule has 1 aliphatic heterocycles. The average molecular weight is 532 g/mol. The number of carboxylic acids is 1. The Kier molecular flexibility index (Phi) is 9.50. The Morgan fingerprint density at radius 3 is 2.82 bits per heavy atom. The van der Waals surface area contributed by atoms with Crippen LogP contribution in [0.4, 0.5) is 10.1 Å². The number of hydrogen-bond acceptors (Lipinski definition) is 5. The van der Waals surface area contributed by atoms with Crippen LogP contribution in [0, 0.1) is 29.5 Å². The van der Waals surface area contributed by atoms with Gasteiger partial charge in [0.25, 0.3) is 0 Å². The van der Waals surface area contributed by atoms with Crippen LogP contribution in [0.3, 0.4) is 0 Å². The van der Waals surface area contributed by atoms with Crippen molar-refractivity contribution < 1.29 is 23.8 Å². The number of nitrogens with one attached hydrogen (secondary N) is 1. The van der Waals surface area contributed by atoms with E-state index in [0.29, 0.717) is 30.3 Å². The van der Waals surface area contributed by atoms with E-state index >= 15 is 0 Å². The second-order valence-electron chi connectivity index (χ2n) is 10.1. The van der Waals surface area contributed by atoms with Gasteiger partial charge in [0.2, 0.25) is 5.91 Å². The predicted molar refractivity (Wildman–Crippen MR) is 149 cm³/mol. The molecular weight excluding hydrogens is 497 g/mol. The van der Waals surface area contributed by atoms with E-state index in [2.05, 4.69) is 27.0 Å². The van der Waals surface area contributed by atoms with E-state index in [1.54, 1.807) is 7.11 Å². The zero-order valence-corrected chi connectivity index (χ0v) is 22.4. The van der Waals surface area contributed by atoms with Crippen LogP contribution in [0.2, 0.25) is 0 Å². The number of aromatic nitrogens is 1. The standard InChI is InChI=1S/C31H34FN3O4/c1-21(36)34-29-10-8-26(32)17-24(29)7-4-15-35-16-13-22(25(20-35)18-31(37)38)5-3-6-23-12-14-33-30-11-9-27(39-2)19-28(23)30/h8-12,14,17,19,22,25H,3,5-6,13,15-16,18,20H2,1-2H3,(H,34,36)(H,37,38)/t22-,25+/m1/s1. The lowest BCUT2D eigenvalue weighted by Gasteiger charge is -2.37. The molecule has 0 bridgehead atoms. The maximum absolute atomic E-state index is 13.7. The summed E-state index contributed by atoms with van der Waals surface area (Å²) >= 11 is 0. The maximum atomic E-state index is 13.7. The molecule has 0 unspecified atom stereocenters. The van der Waals surface area contributed by atoms with Gasteiger partial charge < -0.3 is 15.2 Å². The third kappa shape index (κ3) is 7.78. The van der Waals surface area contributed by atoms with Gasteiger partial charge in [-0.15, -0.1) is 0 Å². The second kappa shape index (κ2) is 13.2. The number of piperidine rings is 1. The predicted octanol–water partition coefficient (Wildman–Crippen LogP) is 5.13. The zero-order chi connectivity index (χ0) is 27.8. The number of aryl methyl sites for hydroxylation is 1. The Balaban J connectivity index is 1.37. The van der Waals surface area contributed by atoms with E-state index in [0.717, 1.165) is 48.9 Å². The van der Waals surface area contributed by atoms with Gasteiger partial charge in [-0.2, -0.15) is 0 Å². The summed E-state index contributed by atoms with van der Waals surface area (Å²) in [4.78, 5) is 29.7. The van der Waals surface area contributed by atoms with Gasteiger partial charge in [-0.25, -0.2) is 4.39 Å². The van der Waals surface area contributed by atoms with Crippen molar-refractivity contribution >= 4 is 28.5 Å². The van der Waals surface area contributed by atoms with E-state index in [1.807, 2.05) is 30.5 Å². The number of ether oxygens (including phenoxy) is 1. The Labute approximate surface area is 228 Å². The normalized spacial score (nSPS) is 17.3. The highest BCUT2D eigenvalue weighted by Gasteiger charge is 2.30. The second-order valence-corrected chi connectivity index (χ2v) is 10.1. The maximum Gasteiger partial charge on any atom is 0.303 e. The number of amides is 1. The summed E-state index contributed by atoms with van der Waals surface area (Å²) in [6.45, 7) is 3.32. The van der Waals surface area contributed by atoms with Crippen molar-refractivity contribution in [3.8, 4) is 17.6 Å². The van der Waals surface area contributed by atoms with Gasteiger partial charge in [0, 0.05) is 31.5 Å². The number of halogens is 1. The third-order valence-electron chi connectivity index (χ3n) is 7.29. The highest BCUT2D eigenvalue weighted by Crippen LogP contribution is 2.31. The summed E-state index contributed by atoms with van der Waals surface area (Å²) in [5.74, 6) is 5.76. The first kappa shape index (κ1) is 28.1. The first-order valence-corrected chi connectivity index (χ1v) is 13.2. The molecule has 8 heteroatoms. The molecule has 1 aliphatic rings. The Bertz CT molecular complexity index is 1400. The fourth-order valence-corrected chi connectivity index (χ4v) is 5.38. The monoisotopic (exact) mass is 531 g/mol. The number of fused-ring (bicyclic) bond motifs is 1. The van der Waals surface area contributed by atoms with Crippen LogP contribution in [0.1, 0.15) is 43.7 Å². The molecule has 0 saturated carbocycles. The molecule has 1 saturated heterocycles. The molecule has 3 aromatic rings. The van der Waals surface area contributed by atoms with Crippen molar-refractivity contribution in [2.24, 2.45) is 11.8 Å². The number of carboxylic acid groups (broad SMARTS) is 1. The molecule has 0 spiro atoms. The molecule has 0 aliphatic carbocycles. The average Bonchev–Trinajstić information content (AvgIpc) is 2.90. The first-order chi connectivity index (χ1) is 18.8. The van der Waals surface area contributed by atoms with Crippen molar-refractivity contribution in [1.82, 2.24) is 9.88 Å². The van der Waals surface area contributed by atoms with Gasteiger partial charge in [0.15, 0.2) is 0 Å². The third-order valence-corrected chi connectivity index (χ3v) is 7.29. The molecule has 4 rings (SSSR count). The number of benzene rings is 2. The minimum atomic E-state index is -0.787. The van der Waals surface area contributed by atoms with E-state index < -0.39 is 11.8 Å². The lowest BCUT2D eigenvalue weighted by atomic mass is 9.80. The summed E-state index contributed by atoms with van der Waals surface area (Å²) in [5, 5.41) is 13.3. The van der Waals surface area contributed by atoms with Gasteiger partial charge in [0.1, 0.15) is 11.6 Å². The molecule has 39 heavy (non-hydrogen) atoms. The number of nitrogens with zero attached hydrogens (tertiary/aromatic N) is 2. The molecule has 1 amide bonds. The van der Waals surface area contributed by atoms with Crippen LogP contribution < -0.4 is 10.1 Å². The summed E-state index contributed by atoms with van der Waals surface area (Å²) in [5.41, 5.74) is 3.05. The number of pyridine rings is 1. The highest BCUT2D eigenvalue weighted by molar-refractivity contribution is 5.90. The minimum absolute atomic E-state index is 0.0384. The van der Waals surface area contributed by atoms with Crippen molar-refractivity contribution in [3.05, 3.63) is 65.6 Å². The molecule has 2 N–H and O–H groups in total. The lowest BCUT2D eigenvalue weighted by Crippen LogP contribution is -2.41. The Hall–Kier alpha value is -3.96. The first-order valence-electron chi connectivity index (χ1n) is 13.2. The van der Waals surface area contributed by atoms with Crippen molar-refractivity contribution in [2.45, 2.75) is 39.0 Å². The summed E-state index contributed by atoms with van der Waals surface area (Å²) in [6, 6.07) is 12.0. The number of hydrogen-bond donors (Lipinski definition) is 2. The minimum Gasteiger partial charge on any atom is -0.497 e. The molecular formula is C31H34FN3O4. The van der Waals surface area contributed by atoms with Gasteiger partial charge in [-0.1, -0.05) is 11.8 Å². The number of aliphatic carboxylic acids is 1. The molecule has 2 atom stereocenters. The van der Waals surface area contributed by atoms with Gasteiger partial charge >= 0.3 is 5.97 Å². The van der Waals surface area contributed by atoms with E-state index in [9.17, 15) is 19.1 Å². The van der Waals surface area contributed by atoms with Gasteiger partial charge in [0.05, 0.1) is 30.4 Å². The summed E-state index contributed by atoms with van der Waals surface area (Å²) in [6.07, 6.45) is 5.67. The summed E-state index contributed by atoms with van der Waals surface area (Å²) < 4.78 is 19.1. The van der Waals surface area contributed by atoms with Gasteiger partial charge in [-0.05, 0) is 92.1 Å². The van der Waals surface area contributed by atoms with E-state index in [1.165, 1.54) is 30.7 Å². The van der Waals surface area contributed by atoms with Crippen molar-refractivity contribution in [1.29, 1.82) is 0 Å². The largest absolute Gasteiger partial charge is 0.497 e. The lowest BCUT2D eigenvalue weighted by molar-refractivity contribution is -0.139. The fourth-order valence-electron chi connectivity index (χ4n) is 5.38. The fraction of sp³-hybridized carbons (Fsp3) is 0.387. The number of anilines is 1. The topological polar surface area (TPSA) is 91.8 Å². The van der Waals surface area contributed by atoms with Gasteiger partial charge in [-0.3, -0.25) is 19.5 Å². The van der Waals surface area contributed by atoms with Crippen LogP contribution in [-0.2, 0) is 16.0 Å². The molecule has 1 aromatic heterocycles. The molecule has 1 fully saturated rings. The van der Waals surface area contributed by atoms with Crippen LogP contribution in [0.5, 0.6) is 5.75 Å². The van der Waals surface area contributed by atoms with Crippen molar-refractivity contribution in [2.75, 3.05) is 32.1 Å². The molecule has 2 heterocycles. The number of likely N-dealkylation sites (tertiary alicyclic amines) is 1. The number of carbonyl (C=O) groups is 2. The molecule has 204 valence electrons. The summed E-state index contributed by atoms with van der Waals surface area (Å²) in [7, 11) is 1.66. The van der Waals surface area contributed by atoms with Crippen LogP contribution in [-0.4, -0.2) is 53.6 Å². The quantitative estimate of drug-likeness (QED) is 0.372. The molecule has 0 radical (unpaired) electrons. The van der Waals surface area contributed by atoms with Crippen molar-refractivity contribution in [3.63, 3.8) is 0 Å². The smallest absolute Gasteiger partial charge is 0.303 e. The number of rotatable bonds is 9. The van der Waals surface area contributed by atoms with Crippen LogP contribution in [0.25, 0.3) is 10.9 Å². The number of methoxy groups -OCH3 is 1.